The van der Waals surface area contributed by atoms with E-state index in [2.05, 4.69) is 276 Å². The topological polar surface area (TPSA) is 8.17 Å². The fourth-order valence-corrected chi connectivity index (χ4v) is 10.6. The van der Waals surface area contributed by atoms with E-state index in [1.165, 1.54) is 81.9 Å². The van der Waals surface area contributed by atoms with E-state index in [-0.39, 0.29) is 0 Å². The largest absolute Gasteiger partial charge is 0.309 e. The van der Waals surface area contributed by atoms with Crippen LogP contribution >= 0.6 is 0 Å². The van der Waals surface area contributed by atoms with Gasteiger partial charge in [-0.3, -0.25) is 0 Å². The third-order valence-electron chi connectivity index (χ3n) is 13.8. The third-order valence-corrected chi connectivity index (χ3v) is 13.8. The van der Waals surface area contributed by atoms with Gasteiger partial charge in [-0.2, -0.15) is 0 Å². The number of rotatable bonds is 8. The molecule has 0 saturated heterocycles. The van der Waals surface area contributed by atoms with Crippen LogP contribution < -0.4 is 4.90 Å². The van der Waals surface area contributed by atoms with Gasteiger partial charge < -0.3 is 9.47 Å². The van der Waals surface area contributed by atoms with Crippen molar-refractivity contribution in [3.63, 3.8) is 0 Å². The lowest BCUT2D eigenvalue weighted by Crippen LogP contribution is -2.12. The highest BCUT2D eigenvalue weighted by molar-refractivity contribution is 6.12. The van der Waals surface area contributed by atoms with Crippen LogP contribution in [0.1, 0.15) is 0 Å². The second-order valence-electron chi connectivity index (χ2n) is 17.6. The highest BCUT2D eigenvalue weighted by atomic mass is 15.1. The predicted molar refractivity (Wildman–Crippen MR) is 290 cm³/mol. The van der Waals surface area contributed by atoms with Crippen molar-refractivity contribution in [3.05, 3.63) is 267 Å². The maximum Gasteiger partial charge on any atom is 0.0546 e. The quantitative estimate of drug-likeness (QED) is 0.148. The molecule has 318 valence electrons. The fraction of sp³-hybridized carbons (Fsp3) is 0. The molecule has 13 aromatic rings. The van der Waals surface area contributed by atoms with E-state index in [4.69, 9.17) is 0 Å². The van der Waals surface area contributed by atoms with Gasteiger partial charge in [-0.05, 0) is 109 Å². The molecule has 2 nitrogen and oxygen atoms in total. The number of fused-ring (bicyclic) bond motifs is 6. The first-order chi connectivity index (χ1) is 33.7. The monoisotopic (exact) mass is 864 g/mol. The van der Waals surface area contributed by atoms with Crippen LogP contribution in [0.3, 0.4) is 0 Å². The van der Waals surface area contributed by atoms with Crippen LogP contribution in [-0.2, 0) is 0 Å². The van der Waals surface area contributed by atoms with Gasteiger partial charge in [0.2, 0.25) is 0 Å². The molecule has 0 fully saturated rings. The molecule has 0 aliphatic heterocycles. The molecule has 0 N–H and O–H groups in total. The molecule has 0 radical (unpaired) electrons. The first-order valence-corrected chi connectivity index (χ1v) is 23.4. The minimum Gasteiger partial charge on any atom is -0.309 e. The van der Waals surface area contributed by atoms with Crippen molar-refractivity contribution in [2.45, 2.75) is 0 Å². The van der Waals surface area contributed by atoms with Gasteiger partial charge in [-0.15, -0.1) is 0 Å². The van der Waals surface area contributed by atoms with Crippen molar-refractivity contribution in [1.82, 2.24) is 4.57 Å². The molecule has 12 aromatic carbocycles. The van der Waals surface area contributed by atoms with E-state index in [1.54, 1.807) is 0 Å². The molecular formula is C66H44N2. The lowest BCUT2D eigenvalue weighted by atomic mass is 9.92. The van der Waals surface area contributed by atoms with Gasteiger partial charge in [0, 0.05) is 33.0 Å². The normalized spacial score (nSPS) is 11.5. The summed E-state index contributed by atoms with van der Waals surface area (Å²) < 4.78 is 2.45. The third kappa shape index (κ3) is 6.65. The number of anilines is 3. The Hall–Kier alpha value is -8.98. The van der Waals surface area contributed by atoms with Crippen LogP contribution in [0.15, 0.2) is 267 Å². The highest BCUT2D eigenvalue weighted by Gasteiger charge is 2.22. The zero-order valence-electron chi connectivity index (χ0n) is 37.3. The lowest BCUT2D eigenvalue weighted by Gasteiger charge is -2.30. The number of benzene rings is 12. The highest BCUT2D eigenvalue weighted by Crippen LogP contribution is 2.47. The van der Waals surface area contributed by atoms with Crippen molar-refractivity contribution in [3.8, 4) is 50.2 Å². The first kappa shape index (κ1) is 39.4. The van der Waals surface area contributed by atoms with Crippen LogP contribution in [0.4, 0.5) is 17.1 Å². The van der Waals surface area contributed by atoms with Crippen molar-refractivity contribution >= 4 is 71.2 Å². The lowest BCUT2D eigenvalue weighted by molar-refractivity contribution is 1.18. The SMILES string of the molecule is c1ccc(-c2ccc(-c3ccc(N(c4ccccc4-c4ccc5ccccc5c4)c4ccc(-c5cccc6ccccc56)c5ccccc45)cc3)cc2-n2c3ccccc3c3ccccc32)cc1. The molecule has 0 aliphatic carbocycles. The Kier molecular flexibility index (Phi) is 9.54. The van der Waals surface area contributed by atoms with Crippen molar-refractivity contribution in [2.24, 2.45) is 0 Å². The molecular weight excluding hydrogens is 821 g/mol. The molecule has 0 spiro atoms. The minimum absolute atomic E-state index is 1.08. The van der Waals surface area contributed by atoms with Crippen LogP contribution in [0.5, 0.6) is 0 Å². The standard InChI is InChI=1S/C66H44N2/c1-2-18-48(19-3-1)55-40-37-50(44-66(55)68-63-31-14-11-27-60(63)61-28-12-15-32-64(61)68)46-35-38-52(39-36-46)67(62-30-13-10-24-54(62)51-34-33-45-17-4-5-21-49(45)43-51)65-42-41-58(57-25-8-9-26-59(57)65)56-29-16-22-47-20-6-7-23-53(47)56/h1-44H. The predicted octanol–water partition coefficient (Wildman–Crippen LogP) is 18.4. The fourth-order valence-electron chi connectivity index (χ4n) is 10.6. The summed E-state index contributed by atoms with van der Waals surface area (Å²) in [4.78, 5) is 2.46. The van der Waals surface area contributed by atoms with Crippen molar-refractivity contribution in [2.75, 3.05) is 4.90 Å². The number of nitrogens with zero attached hydrogens (tertiary/aromatic N) is 2. The molecule has 13 rings (SSSR count). The molecule has 0 bridgehead atoms. The summed E-state index contributed by atoms with van der Waals surface area (Å²) in [5, 5.41) is 9.83. The van der Waals surface area contributed by atoms with Gasteiger partial charge in [0.05, 0.1) is 28.1 Å². The summed E-state index contributed by atoms with van der Waals surface area (Å²) in [5.74, 6) is 0. The average Bonchev–Trinajstić information content (AvgIpc) is 3.75. The van der Waals surface area contributed by atoms with Crippen LogP contribution in [-0.4, -0.2) is 4.57 Å². The number of para-hydroxylation sites is 3. The molecule has 68 heavy (non-hydrogen) atoms. The van der Waals surface area contributed by atoms with Crippen molar-refractivity contribution in [1.29, 1.82) is 0 Å². The summed E-state index contributed by atoms with van der Waals surface area (Å²) in [5.41, 5.74) is 16.3. The van der Waals surface area contributed by atoms with E-state index in [1.807, 2.05) is 0 Å². The Morgan fingerprint density at radius 3 is 1.57 bits per heavy atom. The average molecular weight is 865 g/mol. The van der Waals surface area contributed by atoms with Gasteiger partial charge in [-0.1, -0.05) is 218 Å². The second kappa shape index (κ2) is 16.5. The minimum atomic E-state index is 1.08. The van der Waals surface area contributed by atoms with E-state index in [9.17, 15) is 0 Å². The van der Waals surface area contributed by atoms with Gasteiger partial charge >= 0.3 is 0 Å². The first-order valence-electron chi connectivity index (χ1n) is 23.4. The Morgan fingerprint density at radius 1 is 0.250 bits per heavy atom. The molecule has 0 saturated carbocycles. The Morgan fingerprint density at radius 2 is 0.794 bits per heavy atom. The molecule has 0 amide bonds. The van der Waals surface area contributed by atoms with Gasteiger partial charge in [-0.25, -0.2) is 0 Å². The maximum absolute atomic E-state index is 2.46. The van der Waals surface area contributed by atoms with Gasteiger partial charge in [0.15, 0.2) is 0 Å². The van der Waals surface area contributed by atoms with Crippen LogP contribution in [0.25, 0.3) is 104 Å². The number of hydrogen-bond donors (Lipinski definition) is 0. The molecule has 0 aliphatic rings. The number of aromatic nitrogens is 1. The summed E-state index contributed by atoms with van der Waals surface area (Å²) in [6.45, 7) is 0. The molecule has 0 atom stereocenters. The Labute approximate surface area is 395 Å². The Bertz CT molecular complexity index is 3970. The molecule has 2 heteroatoms. The molecule has 1 aromatic heterocycles. The van der Waals surface area contributed by atoms with E-state index < -0.39 is 0 Å². The van der Waals surface area contributed by atoms with Crippen LogP contribution in [0.2, 0.25) is 0 Å². The number of hydrogen-bond acceptors (Lipinski definition) is 1. The summed E-state index contributed by atoms with van der Waals surface area (Å²) in [6, 6.07) is 97.6. The molecule has 0 unspecified atom stereocenters. The molecule has 1 heterocycles. The van der Waals surface area contributed by atoms with E-state index >= 15 is 0 Å². The van der Waals surface area contributed by atoms with Crippen molar-refractivity contribution < 1.29 is 0 Å². The maximum atomic E-state index is 2.46. The zero-order valence-corrected chi connectivity index (χ0v) is 37.3. The van der Waals surface area contributed by atoms with E-state index in [0.29, 0.717) is 0 Å². The summed E-state index contributed by atoms with van der Waals surface area (Å²) in [6.07, 6.45) is 0. The van der Waals surface area contributed by atoms with E-state index in [0.717, 1.165) is 39.4 Å². The summed E-state index contributed by atoms with van der Waals surface area (Å²) in [7, 11) is 0. The smallest absolute Gasteiger partial charge is 0.0546 e. The van der Waals surface area contributed by atoms with Crippen LogP contribution in [0, 0.1) is 0 Å². The van der Waals surface area contributed by atoms with Gasteiger partial charge in [0.25, 0.3) is 0 Å². The van der Waals surface area contributed by atoms with Gasteiger partial charge in [0.1, 0.15) is 0 Å². The Balaban J connectivity index is 0.996. The zero-order chi connectivity index (χ0) is 45.0. The second-order valence-corrected chi connectivity index (χ2v) is 17.6. The summed E-state index contributed by atoms with van der Waals surface area (Å²) >= 11 is 0.